The molecule has 74 valence electrons. The van der Waals surface area contributed by atoms with Crippen molar-refractivity contribution in [3.63, 3.8) is 0 Å². The molecule has 0 radical (unpaired) electrons. The van der Waals surface area contributed by atoms with Crippen LogP contribution in [0.2, 0.25) is 0 Å². The van der Waals surface area contributed by atoms with Crippen LogP contribution in [-0.4, -0.2) is 22.3 Å². The maximum Gasteiger partial charge on any atom is 0.0908 e. The largest absolute Gasteiger partial charge is 0.632 e. The molecule has 0 unspecified atom stereocenters. The maximum atomic E-state index is 12.5. The first-order chi connectivity index (χ1) is 5.06. The molecule has 0 aliphatic rings. The second-order valence-corrected chi connectivity index (χ2v) is 5.40. The van der Waals surface area contributed by atoms with Gasteiger partial charge in [0.2, 0.25) is 0 Å². The van der Waals surface area contributed by atoms with Crippen molar-refractivity contribution >= 4 is 0 Å². The molecule has 0 amide bonds. The monoisotopic (exact) mass is 173 g/mol. The average Bonchev–Trinajstić information content (AvgIpc) is 1.81. The standard InChI is InChI=1S/C10H23NO/c1-8-11(12,9(2,3)4)10(5,6)7/h8H2,1-7H3. The van der Waals surface area contributed by atoms with Crippen LogP contribution in [0.1, 0.15) is 48.5 Å². The van der Waals surface area contributed by atoms with Gasteiger partial charge >= 0.3 is 0 Å². The van der Waals surface area contributed by atoms with Gasteiger partial charge in [-0.25, -0.2) is 0 Å². The van der Waals surface area contributed by atoms with Crippen LogP contribution in [-0.2, 0) is 0 Å². The predicted molar refractivity (Wildman–Crippen MR) is 53.7 cm³/mol. The van der Waals surface area contributed by atoms with E-state index in [1.54, 1.807) is 0 Å². The van der Waals surface area contributed by atoms with Crippen molar-refractivity contribution in [1.29, 1.82) is 0 Å². The molecular weight excluding hydrogens is 150 g/mol. The zero-order chi connectivity index (χ0) is 10.2. The highest BCUT2D eigenvalue weighted by Gasteiger charge is 2.40. The molecule has 12 heavy (non-hydrogen) atoms. The van der Waals surface area contributed by atoms with E-state index < -0.39 is 0 Å². The third-order valence-corrected chi connectivity index (χ3v) is 2.61. The fourth-order valence-corrected chi connectivity index (χ4v) is 1.95. The lowest BCUT2D eigenvalue weighted by molar-refractivity contribution is -0.966. The van der Waals surface area contributed by atoms with Gasteiger partial charge in [-0.15, -0.1) is 0 Å². The predicted octanol–water partition coefficient (Wildman–Crippen LogP) is 2.92. The molecule has 2 nitrogen and oxygen atoms in total. The van der Waals surface area contributed by atoms with Crippen LogP contribution in [0.4, 0.5) is 0 Å². The fraction of sp³-hybridized carbons (Fsp3) is 1.00. The summed E-state index contributed by atoms with van der Waals surface area (Å²) in [6, 6.07) is 0. The molecule has 0 rings (SSSR count). The number of quaternary nitrogens is 1. The van der Waals surface area contributed by atoms with Crippen LogP contribution in [0.15, 0.2) is 0 Å². The average molecular weight is 173 g/mol. The van der Waals surface area contributed by atoms with Crippen molar-refractivity contribution < 1.29 is 4.65 Å². The number of hydrogen-bond acceptors (Lipinski definition) is 1. The van der Waals surface area contributed by atoms with Gasteiger partial charge in [-0.2, -0.15) is 0 Å². The lowest BCUT2D eigenvalue weighted by Gasteiger charge is -2.60. The molecule has 0 N–H and O–H groups in total. The zero-order valence-corrected chi connectivity index (χ0v) is 9.56. The van der Waals surface area contributed by atoms with Crippen LogP contribution in [0, 0.1) is 5.21 Å². The van der Waals surface area contributed by atoms with E-state index in [0.717, 1.165) is 0 Å². The van der Waals surface area contributed by atoms with Crippen molar-refractivity contribution in [2.45, 2.75) is 59.5 Å². The van der Waals surface area contributed by atoms with Crippen molar-refractivity contribution in [1.82, 2.24) is 0 Å². The van der Waals surface area contributed by atoms with Crippen LogP contribution in [0.3, 0.4) is 0 Å². The summed E-state index contributed by atoms with van der Waals surface area (Å²) >= 11 is 0. The van der Waals surface area contributed by atoms with Crippen LogP contribution in [0.5, 0.6) is 0 Å². The van der Waals surface area contributed by atoms with Gasteiger partial charge in [0.1, 0.15) is 0 Å². The maximum absolute atomic E-state index is 12.5. The van der Waals surface area contributed by atoms with Gasteiger partial charge in [-0.05, 0) is 48.5 Å². The molecule has 0 bridgehead atoms. The van der Waals surface area contributed by atoms with E-state index in [4.69, 9.17) is 0 Å². The third kappa shape index (κ3) is 1.80. The number of hydroxylamine groups is 3. The molecule has 0 aromatic carbocycles. The second-order valence-electron chi connectivity index (χ2n) is 5.40. The van der Waals surface area contributed by atoms with Crippen LogP contribution in [0.25, 0.3) is 0 Å². The van der Waals surface area contributed by atoms with Crippen LogP contribution < -0.4 is 0 Å². The first kappa shape index (κ1) is 11.9. The third-order valence-electron chi connectivity index (χ3n) is 2.61. The molecule has 0 saturated heterocycles. The van der Waals surface area contributed by atoms with Crippen molar-refractivity contribution in [2.24, 2.45) is 0 Å². The summed E-state index contributed by atoms with van der Waals surface area (Å²) in [5.41, 5.74) is -0.458. The minimum Gasteiger partial charge on any atom is -0.632 e. The number of rotatable bonds is 1. The van der Waals surface area contributed by atoms with E-state index in [0.29, 0.717) is 6.54 Å². The van der Waals surface area contributed by atoms with Gasteiger partial charge in [-0.3, -0.25) is 0 Å². The molecule has 0 saturated carbocycles. The van der Waals surface area contributed by atoms with Gasteiger partial charge in [0.15, 0.2) is 0 Å². The summed E-state index contributed by atoms with van der Waals surface area (Å²) in [5, 5.41) is 12.5. The Labute approximate surface area is 76.7 Å². The van der Waals surface area contributed by atoms with Crippen LogP contribution >= 0.6 is 0 Å². The minimum atomic E-state index is -0.229. The molecule has 0 fully saturated rings. The van der Waals surface area contributed by atoms with E-state index in [-0.39, 0.29) is 15.7 Å². The lowest BCUT2D eigenvalue weighted by Crippen LogP contribution is -2.65. The molecule has 0 spiro atoms. The molecule has 0 heterocycles. The highest BCUT2D eigenvalue weighted by molar-refractivity contribution is 4.74. The molecule has 0 aromatic rings. The summed E-state index contributed by atoms with van der Waals surface area (Å²) in [6.07, 6.45) is 0. The molecule has 0 atom stereocenters. The van der Waals surface area contributed by atoms with Gasteiger partial charge in [0.25, 0.3) is 0 Å². The van der Waals surface area contributed by atoms with Crippen molar-refractivity contribution in [3.05, 3.63) is 5.21 Å². The van der Waals surface area contributed by atoms with E-state index >= 15 is 0 Å². The van der Waals surface area contributed by atoms with E-state index in [1.807, 2.05) is 48.5 Å². The number of hydrogen-bond donors (Lipinski definition) is 0. The van der Waals surface area contributed by atoms with E-state index in [1.165, 1.54) is 0 Å². The van der Waals surface area contributed by atoms with Gasteiger partial charge in [-0.1, -0.05) is 0 Å². The number of nitrogens with zero attached hydrogens (tertiary/aromatic N) is 1. The highest BCUT2D eigenvalue weighted by Crippen LogP contribution is 2.33. The van der Waals surface area contributed by atoms with E-state index in [2.05, 4.69) is 0 Å². The molecule has 0 aliphatic carbocycles. The molecule has 0 aliphatic heterocycles. The van der Waals surface area contributed by atoms with Crippen molar-refractivity contribution in [3.8, 4) is 0 Å². The summed E-state index contributed by atoms with van der Waals surface area (Å²) in [6.45, 7) is 14.6. The lowest BCUT2D eigenvalue weighted by atomic mass is 9.95. The summed E-state index contributed by atoms with van der Waals surface area (Å²) in [7, 11) is 0. The Morgan fingerprint density at radius 1 is 0.917 bits per heavy atom. The minimum absolute atomic E-state index is 0.139. The van der Waals surface area contributed by atoms with E-state index in [9.17, 15) is 5.21 Å². The Balaban J connectivity index is 4.95. The van der Waals surface area contributed by atoms with Gasteiger partial charge in [0, 0.05) is 0 Å². The molecule has 0 aromatic heterocycles. The summed E-state index contributed by atoms with van der Waals surface area (Å²) in [4.78, 5) is 0. The van der Waals surface area contributed by atoms with Gasteiger partial charge in [0.05, 0.1) is 17.6 Å². The Morgan fingerprint density at radius 3 is 1.17 bits per heavy atom. The summed E-state index contributed by atoms with van der Waals surface area (Å²) < 4.78 is -0.139. The highest BCUT2D eigenvalue weighted by atomic mass is 16.6. The summed E-state index contributed by atoms with van der Waals surface area (Å²) in [5.74, 6) is 0. The first-order valence-corrected chi connectivity index (χ1v) is 4.65. The zero-order valence-electron chi connectivity index (χ0n) is 9.56. The Kier molecular flexibility index (Phi) is 2.98. The topological polar surface area (TPSA) is 23.1 Å². The Hall–Kier alpha value is -0.0800. The SMILES string of the molecule is CC[N+]([O-])(C(C)(C)C)C(C)(C)C. The fourth-order valence-electron chi connectivity index (χ4n) is 1.95. The Morgan fingerprint density at radius 2 is 1.17 bits per heavy atom. The van der Waals surface area contributed by atoms with Gasteiger partial charge < -0.3 is 9.85 Å². The molecular formula is C10H23NO. The van der Waals surface area contributed by atoms with Crippen molar-refractivity contribution in [2.75, 3.05) is 6.54 Å². The Bertz CT molecular complexity index is 136. The molecule has 2 heteroatoms. The second kappa shape index (κ2) is 3.00. The normalized spacial score (nSPS) is 15.0. The quantitative estimate of drug-likeness (QED) is 0.441. The smallest absolute Gasteiger partial charge is 0.0908 e. The first-order valence-electron chi connectivity index (χ1n) is 4.65.